The van der Waals surface area contributed by atoms with Crippen LogP contribution in [0, 0.1) is 5.41 Å². The first-order chi connectivity index (χ1) is 6.41. The molecule has 13 heavy (non-hydrogen) atoms. The van der Waals surface area contributed by atoms with Crippen molar-refractivity contribution in [3.63, 3.8) is 0 Å². The molecule has 1 unspecified atom stereocenters. The number of hydrogen-bond acceptors (Lipinski definition) is 5. The van der Waals surface area contributed by atoms with Crippen molar-refractivity contribution in [3.8, 4) is 0 Å². The van der Waals surface area contributed by atoms with Crippen molar-refractivity contribution in [1.82, 2.24) is 20.8 Å². The van der Waals surface area contributed by atoms with Gasteiger partial charge in [-0.3, -0.25) is 0 Å². The predicted octanol–water partition coefficient (Wildman–Crippen LogP) is -0.654. The lowest BCUT2D eigenvalue weighted by Gasteiger charge is -2.42. The molecule has 2 aliphatic rings. The van der Waals surface area contributed by atoms with Gasteiger partial charge in [0.05, 0.1) is 5.92 Å². The fraction of sp³-hybridized carbons (Fsp3) is 0.750. The van der Waals surface area contributed by atoms with Gasteiger partial charge in [-0.05, 0) is 0 Å². The fourth-order valence-electron chi connectivity index (χ4n) is 2.31. The number of hydrogen-bond donors (Lipinski definition) is 2. The molecule has 3 heterocycles. The average Bonchev–Trinajstić information content (AvgIpc) is 2.71. The topological polar surface area (TPSA) is 63.0 Å². The lowest BCUT2D eigenvalue weighted by atomic mass is 9.73. The van der Waals surface area contributed by atoms with Crippen molar-refractivity contribution < 1.29 is 4.42 Å². The highest BCUT2D eigenvalue weighted by molar-refractivity contribution is 5.13. The molecule has 1 atom stereocenters. The number of nitrogens with one attached hydrogen (secondary N) is 2. The van der Waals surface area contributed by atoms with Crippen LogP contribution in [0.1, 0.15) is 11.8 Å². The van der Waals surface area contributed by atoms with Crippen LogP contribution in [0.25, 0.3) is 0 Å². The quantitative estimate of drug-likeness (QED) is 0.601. The van der Waals surface area contributed by atoms with E-state index in [4.69, 9.17) is 4.42 Å². The highest BCUT2D eigenvalue weighted by Crippen LogP contribution is 2.41. The molecule has 2 saturated heterocycles. The van der Waals surface area contributed by atoms with Gasteiger partial charge < -0.3 is 15.1 Å². The van der Waals surface area contributed by atoms with E-state index >= 15 is 0 Å². The molecule has 3 rings (SSSR count). The molecule has 1 aromatic rings. The Morgan fingerprint density at radius 2 is 2.23 bits per heavy atom. The van der Waals surface area contributed by atoms with E-state index in [-0.39, 0.29) is 0 Å². The molecule has 0 aromatic carbocycles. The van der Waals surface area contributed by atoms with E-state index in [2.05, 4.69) is 20.8 Å². The van der Waals surface area contributed by atoms with E-state index in [1.807, 2.05) is 0 Å². The molecule has 2 N–H and O–H groups in total. The summed E-state index contributed by atoms with van der Waals surface area (Å²) in [5.74, 6) is 1.18. The van der Waals surface area contributed by atoms with Crippen LogP contribution in [0.2, 0.25) is 0 Å². The van der Waals surface area contributed by atoms with Crippen molar-refractivity contribution in [2.45, 2.75) is 5.92 Å². The summed E-state index contributed by atoms with van der Waals surface area (Å²) in [6.07, 6.45) is 1.41. The lowest BCUT2D eigenvalue weighted by Crippen LogP contribution is -2.57. The number of rotatable bonds is 1. The third kappa shape index (κ3) is 0.941. The maximum atomic E-state index is 5.26. The van der Waals surface area contributed by atoms with Gasteiger partial charge in [0.2, 0.25) is 12.3 Å². The Kier molecular flexibility index (Phi) is 1.45. The standard InChI is InChI=1S/C8H12N4O/c1-6(7-12-11-5-13-7)8(2-9-1)3-10-4-8/h5-6,9-10H,1-4H2. The van der Waals surface area contributed by atoms with Gasteiger partial charge in [-0.2, -0.15) is 0 Å². The third-order valence-electron chi connectivity index (χ3n) is 3.19. The first-order valence-corrected chi connectivity index (χ1v) is 4.58. The Bertz CT molecular complexity index is 293. The molecule has 2 aliphatic heterocycles. The van der Waals surface area contributed by atoms with Crippen LogP contribution >= 0.6 is 0 Å². The Morgan fingerprint density at radius 1 is 1.38 bits per heavy atom. The molecular formula is C8H12N4O. The molecule has 0 bridgehead atoms. The Balaban J connectivity index is 1.91. The van der Waals surface area contributed by atoms with E-state index < -0.39 is 0 Å². The van der Waals surface area contributed by atoms with Crippen molar-refractivity contribution >= 4 is 0 Å². The zero-order valence-electron chi connectivity index (χ0n) is 7.29. The monoisotopic (exact) mass is 180 g/mol. The van der Waals surface area contributed by atoms with Crippen LogP contribution in [0.3, 0.4) is 0 Å². The van der Waals surface area contributed by atoms with Gasteiger partial charge in [0.1, 0.15) is 0 Å². The van der Waals surface area contributed by atoms with E-state index in [1.54, 1.807) is 0 Å². The maximum absolute atomic E-state index is 5.26. The molecule has 70 valence electrons. The zero-order valence-corrected chi connectivity index (χ0v) is 7.29. The van der Waals surface area contributed by atoms with Crippen LogP contribution in [-0.2, 0) is 0 Å². The van der Waals surface area contributed by atoms with Gasteiger partial charge in [0.15, 0.2) is 0 Å². The highest BCUT2D eigenvalue weighted by atomic mass is 16.4. The summed E-state index contributed by atoms with van der Waals surface area (Å²) in [5, 5.41) is 14.4. The fourth-order valence-corrected chi connectivity index (χ4v) is 2.31. The van der Waals surface area contributed by atoms with Gasteiger partial charge >= 0.3 is 0 Å². The normalized spacial score (nSPS) is 30.6. The van der Waals surface area contributed by atoms with E-state index in [1.165, 1.54) is 6.39 Å². The molecule has 0 aliphatic carbocycles. The molecule has 1 aromatic heterocycles. The van der Waals surface area contributed by atoms with Gasteiger partial charge in [0, 0.05) is 31.6 Å². The molecule has 1 spiro atoms. The molecule has 2 fully saturated rings. The van der Waals surface area contributed by atoms with Crippen molar-refractivity contribution in [2.75, 3.05) is 26.2 Å². The smallest absolute Gasteiger partial charge is 0.221 e. The van der Waals surface area contributed by atoms with E-state index in [0.717, 1.165) is 32.1 Å². The Morgan fingerprint density at radius 3 is 2.85 bits per heavy atom. The second-order valence-electron chi connectivity index (χ2n) is 3.93. The van der Waals surface area contributed by atoms with Crippen LogP contribution in [0.15, 0.2) is 10.8 Å². The first-order valence-electron chi connectivity index (χ1n) is 4.58. The summed E-state index contributed by atoms with van der Waals surface area (Å²) in [7, 11) is 0. The van der Waals surface area contributed by atoms with Crippen LogP contribution in [0.5, 0.6) is 0 Å². The summed E-state index contributed by atoms with van der Waals surface area (Å²) >= 11 is 0. The maximum Gasteiger partial charge on any atom is 0.221 e. The first kappa shape index (κ1) is 7.46. The van der Waals surface area contributed by atoms with Gasteiger partial charge in [-0.15, -0.1) is 10.2 Å². The Hall–Kier alpha value is -0.940. The second-order valence-corrected chi connectivity index (χ2v) is 3.93. The third-order valence-corrected chi connectivity index (χ3v) is 3.19. The second kappa shape index (κ2) is 2.52. The summed E-state index contributed by atoms with van der Waals surface area (Å²) in [6, 6.07) is 0. The van der Waals surface area contributed by atoms with Crippen LogP contribution in [0.4, 0.5) is 0 Å². The van der Waals surface area contributed by atoms with Crippen molar-refractivity contribution in [1.29, 1.82) is 0 Å². The van der Waals surface area contributed by atoms with Crippen molar-refractivity contribution in [3.05, 3.63) is 12.3 Å². The van der Waals surface area contributed by atoms with E-state index in [0.29, 0.717) is 11.3 Å². The molecular weight excluding hydrogens is 168 g/mol. The molecule has 0 amide bonds. The van der Waals surface area contributed by atoms with Gasteiger partial charge in [-0.1, -0.05) is 0 Å². The molecule has 0 radical (unpaired) electrons. The number of aromatic nitrogens is 2. The average molecular weight is 180 g/mol. The zero-order chi connectivity index (χ0) is 8.73. The number of nitrogens with zero attached hydrogens (tertiary/aromatic N) is 2. The largest absolute Gasteiger partial charge is 0.428 e. The van der Waals surface area contributed by atoms with E-state index in [9.17, 15) is 0 Å². The van der Waals surface area contributed by atoms with Crippen LogP contribution < -0.4 is 10.6 Å². The Labute approximate surface area is 75.9 Å². The SMILES string of the molecule is c1nnc(C2CNCC23CNC3)o1. The molecule has 5 nitrogen and oxygen atoms in total. The highest BCUT2D eigenvalue weighted by Gasteiger charge is 2.50. The van der Waals surface area contributed by atoms with Gasteiger partial charge in [-0.25, -0.2) is 0 Å². The molecule has 0 saturated carbocycles. The minimum atomic E-state index is 0.340. The van der Waals surface area contributed by atoms with Gasteiger partial charge in [0.25, 0.3) is 0 Å². The van der Waals surface area contributed by atoms with Crippen LogP contribution in [-0.4, -0.2) is 36.4 Å². The molecule has 5 heteroatoms. The predicted molar refractivity (Wildman–Crippen MR) is 45.2 cm³/mol. The summed E-state index contributed by atoms with van der Waals surface area (Å²) in [4.78, 5) is 0. The summed E-state index contributed by atoms with van der Waals surface area (Å²) in [6.45, 7) is 4.15. The minimum Gasteiger partial charge on any atom is -0.428 e. The van der Waals surface area contributed by atoms with Crippen molar-refractivity contribution in [2.24, 2.45) is 5.41 Å². The minimum absolute atomic E-state index is 0.340. The summed E-state index contributed by atoms with van der Waals surface area (Å²) in [5.41, 5.74) is 0.340. The lowest BCUT2D eigenvalue weighted by molar-refractivity contribution is 0.154. The summed E-state index contributed by atoms with van der Waals surface area (Å²) < 4.78 is 5.26.